The summed E-state index contributed by atoms with van der Waals surface area (Å²) in [5.74, 6) is -1.24. The van der Waals surface area contributed by atoms with Gasteiger partial charge >= 0.3 is 57.4 Å². The third-order valence-electron chi connectivity index (χ3n) is 2.72. The van der Waals surface area contributed by atoms with E-state index in [0.29, 0.717) is 0 Å². The minimum atomic E-state index is -1.08. The first-order chi connectivity index (χ1) is 7.59. The van der Waals surface area contributed by atoms with Crippen LogP contribution < -0.4 is 0 Å². The summed E-state index contributed by atoms with van der Waals surface area (Å²) in [5, 5.41) is 10.2. The van der Waals surface area contributed by atoms with Crippen LogP contribution in [0.25, 0.3) is 0 Å². The quantitative estimate of drug-likeness (QED) is 0.814. The first-order valence-electron chi connectivity index (χ1n) is 5.09. The number of rotatable bonds is 2. The molecule has 88 valence electrons. The number of carbonyl (C=O) groups excluding carboxylic acids is 1. The van der Waals surface area contributed by atoms with Crippen LogP contribution in [0.1, 0.15) is 40.1 Å². The van der Waals surface area contributed by atoms with Gasteiger partial charge in [0.1, 0.15) is 5.69 Å². The molecule has 0 saturated carbocycles. The summed E-state index contributed by atoms with van der Waals surface area (Å²) in [4.78, 5) is 28.2. The molecule has 1 fully saturated rings. The van der Waals surface area contributed by atoms with E-state index in [1.54, 1.807) is 4.90 Å². The number of thiazole rings is 1. The van der Waals surface area contributed by atoms with Crippen molar-refractivity contribution in [3.63, 3.8) is 0 Å². The molecule has 5 nitrogen and oxygen atoms in total. The summed E-state index contributed by atoms with van der Waals surface area (Å²) < 4.78 is 0. The van der Waals surface area contributed by atoms with Gasteiger partial charge in [0.2, 0.25) is 5.01 Å². The van der Waals surface area contributed by atoms with E-state index in [-0.39, 0.29) is 74.0 Å². The molecule has 2 heterocycles. The van der Waals surface area contributed by atoms with Crippen LogP contribution in [0.5, 0.6) is 0 Å². The van der Waals surface area contributed by atoms with Crippen LogP contribution in [-0.4, -0.2) is 90.8 Å². The Bertz CT molecular complexity index is 435. The number of carboxylic acid groups (broad SMARTS) is 1. The molecule has 1 amide bonds. The summed E-state index contributed by atoms with van der Waals surface area (Å²) in [5.41, 5.74) is 0.246. The topological polar surface area (TPSA) is 70.5 Å². The van der Waals surface area contributed by atoms with Gasteiger partial charge in [0.15, 0.2) is 0 Å². The Morgan fingerprint density at radius 1 is 1.59 bits per heavy atom. The number of hydrogen-bond donors (Lipinski definition) is 1. The van der Waals surface area contributed by atoms with E-state index in [1.165, 1.54) is 5.38 Å². The van der Waals surface area contributed by atoms with Gasteiger partial charge in [-0.25, -0.2) is 9.78 Å². The third kappa shape index (κ3) is 3.36. The molecule has 1 aromatic heterocycles. The van der Waals surface area contributed by atoms with Crippen molar-refractivity contribution < 1.29 is 14.7 Å². The molecule has 1 N–H and O–H groups in total. The molecule has 1 aliphatic heterocycles. The molecule has 0 radical (unpaired) electrons. The average molecular weight is 280 g/mol. The van der Waals surface area contributed by atoms with E-state index >= 15 is 0 Å². The standard InChI is InChI=1S/C10H12N2O3S.K.H/c1-6-3-2-4-12(6)9(13)7-5-16-8(11-7)10(14)15;;/h5-6H,2-4H2,1H3,(H,14,15);;. The van der Waals surface area contributed by atoms with Crippen LogP contribution in [0.2, 0.25) is 0 Å². The van der Waals surface area contributed by atoms with Crippen molar-refractivity contribution in [1.82, 2.24) is 9.88 Å². The Labute approximate surface area is 146 Å². The van der Waals surface area contributed by atoms with Crippen LogP contribution in [0.15, 0.2) is 5.38 Å². The summed E-state index contributed by atoms with van der Waals surface area (Å²) in [6, 6.07) is 0.225. The van der Waals surface area contributed by atoms with Crippen molar-refractivity contribution in [3.8, 4) is 0 Å². The fourth-order valence-corrected chi connectivity index (χ4v) is 2.48. The molecule has 17 heavy (non-hydrogen) atoms. The maximum atomic E-state index is 12.0. The van der Waals surface area contributed by atoms with Crippen molar-refractivity contribution in [2.45, 2.75) is 25.8 Å². The Morgan fingerprint density at radius 3 is 2.76 bits per heavy atom. The van der Waals surface area contributed by atoms with Crippen LogP contribution in [0.4, 0.5) is 0 Å². The van der Waals surface area contributed by atoms with E-state index in [2.05, 4.69) is 4.98 Å². The molecule has 1 aliphatic rings. The zero-order valence-electron chi connectivity index (χ0n) is 8.84. The second-order valence-electron chi connectivity index (χ2n) is 3.83. The van der Waals surface area contributed by atoms with Gasteiger partial charge in [0.05, 0.1) is 0 Å². The molecule has 2 rings (SSSR count). The Balaban J connectivity index is 0.00000144. The molecule has 0 aliphatic carbocycles. The normalized spacial score (nSPS) is 18.9. The van der Waals surface area contributed by atoms with Gasteiger partial charge in [-0.3, -0.25) is 4.79 Å². The van der Waals surface area contributed by atoms with Crippen molar-refractivity contribution in [1.29, 1.82) is 0 Å². The SMILES string of the molecule is CC1CCCN1C(=O)c1csc(C(=O)O)n1.[KH]. The van der Waals surface area contributed by atoms with Crippen molar-refractivity contribution >= 4 is 74.6 Å². The minimum absolute atomic E-state index is 0. The molecule has 7 heteroatoms. The van der Waals surface area contributed by atoms with Gasteiger partial charge in [-0.05, 0) is 19.8 Å². The third-order valence-corrected chi connectivity index (χ3v) is 3.55. The monoisotopic (exact) mass is 280 g/mol. The summed E-state index contributed by atoms with van der Waals surface area (Å²) >= 11 is 0.988. The molecule has 1 saturated heterocycles. The second kappa shape index (κ2) is 6.40. The molecular weight excluding hydrogens is 267 g/mol. The van der Waals surface area contributed by atoms with E-state index < -0.39 is 5.97 Å². The van der Waals surface area contributed by atoms with E-state index in [1.807, 2.05) is 6.92 Å². The Morgan fingerprint density at radius 2 is 2.29 bits per heavy atom. The Kier molecular flexibility index (Phi) is 5.74. The summed E-state index contributed by atoms with van der Waals surface area (Å²) in [6.45, 7) is 2.73. The van der Waals surface area contributed by atoms with E-state index in [0.717, 1.165) is 30.7 Å². The van der Waals surface area contributed by atoms with Gasteiger partial charge in [-0.15, -0.1) is 11.3 Å². The number of nitrogens with zero attached hydrogens (tertiary/aromatic N) is 2. The molecule has 1 unspecified atom stereocenters. The van der Waals surface area contributed by atoms with Gasteiger partial charge in [-0.2, -0.15) is 0 Å². The summed E-state index contributed by atoms with van der Waals surface area (Å²) in [7, 11) is 0. The fraction of sp³-hybridized carbons (Fsp3) is 0.500. The van der Waals surface area contributed by atoms with Crippen molar-refractivity contribution in [3.05, 3.63) is 16.1 Å². The molecule has 0 bridgehead atoms. The molecule has 0 spiro atoms. The number of carboxylic acids is 1. The van der Waals surface area contributed by atoms with Gasteiger partial charge in [0.25, 0.3) is 5.91 Å². The fourth-order valence-electron chi connectivity index (χ4n) is 1.85. The van der Waals surface area contributed by atoms with Crippen LogP contribution in [0.3, 0.4) is 0 Å². The van der Waals surface area contributed by atoms with E-state index in [9.17, 15) is 9.59 Å². The van der Waals surface area contributed by atoms with Crippen molar-refractivity contribution in [2.75, 3.05) is 6.54 Å². The molecule has 1 aromatic rings. The predicted octanol–water partition coefficient (Wildman–Crippen LogP) is 0.817. The van der Waals surface area contributed by atoms with Crippen LogP contribution in [-0.2, 0) is 0 Å². The number of aromatic nitrogens is 1. The predicted molar refractivity (Wildman–Crippen MR) is 66.0 cm³/mol. The van der Waals surface area contributed by atoms with Gasteiger partial charge in [0, 0.05) is 18.0 Å². The molecule has 1 atom stereocenters. The molecule has 0 aromatic carbocycles. The van der Waals surface area contributed by atoms with Gasteiger partial charge in [-0.1, -0.05) is 0 Å². The van der Waals surface area contributed by atoms with Crippen molar-refractivity contribution in [2.24, 2.45) is 0 Å². The van der Waals surface area contributed by atoms with Gasteiger partial charge < -0.3 is 10.0 Å². The summed E-state index contributed by atoms with van der Waals surface area (Å²) in [6.07, 6.45) is 2.00. The van der Waals surface area contributed by atoms with E-state index in [4.69, 9.17) is 5.11 Å². The zero-order chi connectivity index (χ0) is 11.7. The molecular formula is C10H13KN2O3S. The first kappa shape index (κ1) is 15.3. The second-order valence-corrected chi connectivity index (χ2v) is 4.69. The number of likely N-dealkylation sites (tertiary alicyclic amines) is 1. The first-order valence-corrected chi connectivity index (χ1v) is 5.97. The van der Waals surface area contributed by atoms with Crippen LogP contribution >= 0.6 is 11.3 Å². The number of hydrogen-bond acceptors (Lipinski definition) is 4. The number of carbonyl (C=O) groups is 2. The van der Waals surface area contributed by atoms with Crippen LogP contribution in [0, 0.1) is 0 Å². The maximum absolute atomic E-state index is 12.0. The zero-order valence-corrected chi connectivity index (χ0v) is 9.66. The average Bonchev–Trinajstić information content (AvgIpc) is 2.84. The number of amides is 1. The Hall–Kier alpha value is 0.206. The number of aromatic carboxylic acids is 1.